The lowest BCUT2D eigenvalue weighted by molar-refractivity contribution is 0.610. The van der Waals surface area contributed by atoms with E-state index < -0.39 is 0 Å². The average molecular weight is 274 g/mol. The van der Waals surface area contributed by atoms with Crippen molar-refractivity contribution in [1.82, 2.24) is 5.43 Å². The maximum atomic E-state index is 5.70. The normalized spacial score (nSPS) is 13.1. The van der Waals surface area contributed by atoms with Crippen LogP contribution in [0.2, 0.25) is 0 Å². The number of hydrogen-bond donors (Lipinski definition) is 2. The molecule has 0 aliphatic heterocycles. The van der Waals surface area contributed by atoms with Crippen LogP contribution in [0.25, 0.3) is 10.8 Å². The fourth-order valence-electron chi connectivity index (χ4n) is 2.09. The topological polar surface area (TPSA) is 38.0 Å². The number of hydrogen-bond acceptors (Lipinski definition) is 3. The first-order valence-electron chi connectivity index (χ1n) is 6.73. The van der Waals surface area contributed by atoms with Crippen molar-refractivity contribution in [3.05, 3.63) is 48.0 Å². The van der Waals surface area contributed by atoms with Gasteiger partial charge in [-0.3, -0.25) is 11.3 Å². The minimum atomic E-state index is 0.216. The van der Waals surface area contributed by atoms with E-state index in [1.807, 2.05) is 11.8 Å². The first kappa shape index (κ1) is 14.4. The summed E-state index contributed by atoms with van der Waals surface area (Å²) in [5.74, 6) is 8.60. The Hall–Kier alpha value is -1.03. The average Bonchev–Trinajstić information content (AvgIpc) is 2.43. The van der Waals surface area contributed by atoms with Gasteiger partial charge in [0.05, 0.1) is 6.04 Å². The zero-order valence-electron chi connectivity index (χ0n) is 11.6. The van der Waals surface area contributed by atoms with Crippen LogP contribution in [0.4, 0.5) is 0 Å². The van der Waals surface area contributed by atoms with Gasteiger partial charge in [0.15, 0.2) is 0 Å². The van der Waals surface area contributed by atoms with E-state index in [4.69, 9.17) is 5.84 Å². The van der Waals surface area contributed by atoms with Gasteiger partial charge in [-0.05, 0) is 34.1 Å². The third-order valence-corrected chi connectivity index (χ3v) is 4.58. The van der Waals surface area contributed by atoms with Crippen molar-refractivity contribution in [3.8, 4) is 0 Å². The van der Waals surface area contributed by atoms with Crippen molar-refractivity contribution in [2.75, 3.05) is 11.5 Å². The number of thioether (sulfide) groups is 1. The molecule has 0 radical (unpaired) electrons. The van der Waals surface area contributed by atoms with Crippen molar-refractivity contribution in [2.24, 2.45) is 11.8 Å². The van der Waals surface area contributed by atoms with E-state index in [-0.39, 0.29) is 6.04 Å². The predicted octanol–water partition coefficient (Wildman–Crippen LogP) is 3.73. The summed E-state index contributed by atoms with van der Waals surface area (Å²) in [7, 11) is 0. The fraction of sp³-hybridized carbons (Fsp3) is 0.375. The zero-order chi connectivity index (χ0) is 13.7. The lowest BCUT2D eigenvalue weighted by Crippen LogP contribution is -2.29. The van der Waals surface area contributed by atoms with Gasteiger partial charge in [-0.1, -0.05) is 50.2 Å². The quantitative estimate of drug-likeness (QED) is 0.622. The second kappa shape index (κ2) is 6.94. The summed E-state index contributed by atoms with van der Waals surface area (Å²) in [5.41, 5.74) is 4.20. The maximum absolute atomic E-state index is 5.70. The monoisotopic (exact) mass is 274 g/mol. The van der Waals surface area contributed by atoms with Crippen LogP contribution in [0, 0.1) is 5.92 Å². The Bertz CT molecular complexity index is 525. The van der Waals surface area contributed by atoms with Gasteiger partial charge in [-0.15, -0.1) is 0 Å². The highest BCUT2D eigenvalue weighted by atomic mass is 32.2. The molecule has 19 heavy (non-hydrogen) atoms. The summed E-state index contributed by atoms with van der Waals surface area (Å²) in [6.45, 7) is 4.49. The molecule has 0 bridgehead atoms. The molecule has 0 aromatic heterocycles. The molecule has 3 heteroatoms. The summed E-state index contributed by atoms with van der Waals surface area (Å²) in [6.07, 6.45) is 0. The Labute approximate surface area is 119 Å². The van der Waals surface area contributed by atoms with Gasteiger partial charge in [0.1, 0.15) is 0 Å². The van der Waals surface area contributed by atoms with Crippen LogP contribution in [0.5, 0.6) is 0 Å². The van der Waals surface area contributed by atoms with Gasteiger partial charge in [-0.25, -0.2) is 0 Å². The molecule has 1 atom stereocenters. The van der Waals surface area contributed by atoms with E-state index in [2.05, 4.69) is 61.7 Å². The second-order valence-corrected chi connectivity index (χ2v) is 6.33. The molecule has 102 valence electrons. The van der Waals surface area contributed by atoms with Crippen molar-refractivity contribution in [3.63, 3.8) is 0 Å². The molecule has 1 unspecified atom stereocenters. The Morgan fingerprint density at radius 2 is 1.79 bits per heavy atom. The zero-order valence-corrected chi connectivity index (χ0v) is 12.4. The Morgan fingerprint density at radius 1 is 1.05 bits per heavy atom. The molecular weight excluding hydrogens is 252 g/mol. The molecule has 0 saturated carbocycles. The number of fused-ring (bicyclic) bond motifs is 1. The van der Waals surface area contributed by atoms with Crippen LogP contribution in [0.15, 0.2) is 42.5 Å². The molecule has 0 aliphatic carbocycles. The molecule has 0 amide bonds. The molecule has 0 aliphatic rings. The van der Waals surface area contributed by atoms with E-state index in [0.29, 0.717) is 0 Å². The first-order chi connectivity index (χ1) is 9.20. The van der Waals surface area contributed by atoms with Gasteiger partial charge in [0, 0.05) is 5.75 Å². The molecule has 0 fully saturated rings. The molecule has 2 aromatic rings. The van der Waals surface area contributed by atoms with Crippen LogP contribution >= 0.6 is 11.8 Å². The number of nitrogens with two attached hydrogens (primary N) is 1. The van der Waals surface area contributed by atoms with Crippen molar-refractivity contribution in [2.45, 2.75) is 19.9 Å². The third kappa shape index (κ3) is 3.96. The van der Waals surface area contributed by atoms with Crippen molar-refractivity contribution >= 4 is 22.5 Å². The fourth-order valence-corrected chi connectivity index (χ4v) is 3.22. The van der Waals surface area contributed by atoms with Gasteiger partial charge < -0.3 is 0 Å². The molecule has 2 aromatic carbocycles. The van der Waals surface area contributed by atoms with E-state index in [1.165, 1.54) is 22.1 Å². The number of benzene rings is 2. The Morgan fingerprint density at radius 3 is 2.47 bits per heavy atom. The van der Waals surface area contributed by atoms with E-state index >= 15 is 0 Å². The highest BCUT2D eigenvalue weighted by Gasteiger charge is 2.10. The van der Waals surface area contributed by atoms with Gasteiger partial charge in [0.2, 0.25) is 0 Å². The third-order valence-electron chi connectivity index (χ3n) is 3.11. The van der Waals surface area contributed by atoms with Crippen LogP contribution in [0.1, 0.15) is 25.5 Å². The lowest BCUT2D eigenvalue weighted by atomic mass is 10.0. The lowest BCUT2D eigenvalue weighted by Gasteiger charge is -2.17. The Balaban J connectivity index is 2.11. The smallest absolute Gasteiger partial charge is 0.0550 e. The first-order valence-corrected chi connectivity index (χ1v) is 7.88. The molecule has 2 nitrogen and oxygen atoms in total. The van der Waals surface area contributed by atoms with Gasteiger partial charge >= 0.3 is 0 Å². The summed E-state index contributed by atoms with van der Waals surface area (Å²) < 4.78 is 0. The highest BCUT2D eigenvalue weighted by Crippen LogP contribution is 2.23. The largest absolute Gasteiger partial charge is 0.271 e. The molecule has 0 saturated heterocycles. The van der Waals surface area contributed by atoms with E-state index in [0.717, 1.165) is 11.7 Å². The minimum absolute atomic E-state index is 0.216. The van der Waals surface area contributed by atoms with Gasteiger partial charge in [-0.2, -0.15) is 11.8 Å². The summed E-state index contributed by atoms with van der Waals surface area (Å²) in [4.78, 5) is 0. The van der Waals surface area contributed by atoms with Crippen molar-refractivity contribution in [1.29, 1.82) is 0 Å². The predicted molar refractivity (Wildman–Crippen MR) is 86.2 cm³/mol. The number of nitrogens with one attached hydrogen (secondary N) is 1. The summed E-state index contributed by atoms with van der Waals surface area (Å²) >= 11 is 1.95. The summed E-state index contributed by atoms with van der Waals surface area (Å²) in [5, 5.41) is 2.55. The molecule has 2 rings (SSSR count). The second-order valence-electron chi connectivity index (χ2n) is 5.26. The minimum Gasteiger partial charge on any atom is -0.271 e. The number of rotatable bonds is 6. The molecule has 0 heterocycles. The van der Waals surface area contributed by atoms with Crippen LogP contribution in [0.3, 0.4) is 0 Å². The number of hydrazine groups is 1. The molecule has 3 N–H and O–H groups in total. The summed E-state index contributed by atoms with van der Waals surface area (Å²) in [6, 6.07) is 15.2. The van der Waals surface area contributed by atoms with Crippen LogP contribution < -0.4 is 11.3 Å². The van der Waals surface area contributed by atoms with E-state index in [1.54, 1.807) is 0 Å². The maximum Gasteiger partial charge on any atom is 0.0550 e. The Kier molecular flexibility index (Phi) is 5.25. The van der Waals surface area contributed by atoms with Crippen LogP contribution in [-0.4, -0.2) is 11.5 Å². The molecular formula is C16H22N2S. The van der Waals surface area contributed by atoms with E-state index in [9.17, 15) is 0 Å². The SMILES string of the molecule is CC(C)CSCC(NN)c1ccc2ccccc2c1. The van der Waals surface area contributed by atoms with Crippen molar-refractivity contribution < 1.29 is 0 Å². The van der Waals surface area contributed by atoms with Gasteiger partial charge in [0.25, 0.3) is 0 Å². The standard InChI is InChI=1S/C16H22N2S/c1-12(2)10-19-11-16(18-17)15-8-7-13-5-3-4-6-14(13)9-15/h3-9,12,16,18H,10-11,17H2,1-2H3. The highest BCUT2D eigenvalue weighted by molar-refractivity contribution is 7.99. The molecule has 0 spiro atoms. The van der Waals surface area contributed by atoms with Crippen LogP contribution in [-0.2, 0) is 0 Å².